The van der Waals surface area contributed by atoms with Crippen LogP contribution in [0.25, 0.3) is 0 Å². The summed E-state index contributed by atoms with van der Waals surface area (Å²) in [5.74, 6) is -0.959. The standard InChI is InChI=1S/C7H10N4O3/c1-2-6(12)9-5-3-8-11(10-5)4-7(13)14/h3H,2,4H2,1H3,(H,13,14)(H,9,10,12). The zero-order valence-electron chi connectivity index (χ0n) is 7.60. The zero-order chi connectivity index (χ0) is 10.6. The minimum Gasteiger partial charge on any atom is -0.480 e. The fourth-order valence-electron chi connectivity index (χ4n) is 0.783. The van der Waals surface area contributed by atoms with Gasteiger partial charge in [-0.15, -0.1) is 5.10 Å². The highest BCUT2D eigenvalue weighted by Crippen LogP contribution is 1.99. The molecule has 0 saturated carbocycles. The zero-order valence-corrected chi connectivity index (χ0v) is 7.60. The Hall–Kier alpha value is -1.92. The number of anilines is 1. The summed E-state index contributed by atoms with van der Waals surface area (Å²) in [5, 5.41) is 18.3. The average Bonchev–Trinajstić information content (AvgIpc) is 2.51. The summed E-state index contributed by atoms with van der Waals surface area (Å²) in [6.45, 7) is 1.39. The third kappa shape index (κ3) is 2.85. The third-order valence-electron chi connectivity index (χ3n) is 1.40. The van der Waals surface area contributed by atoms with E-state index in [9.17, 15) is 9.59 Å². The van der Waals surface area contributed by atoms with Gasteiger partial charge in [-0.3, -0.25) is 9.59 Å². The lowest BCUT2D eigenvalue weighted by Crippen LogP contribution is -2.13. The van der Waals surface area contributed by atoms with E-state index in [1.165, 1.54) is 6.20 Å². The molecular weight excluding hydrogens is 188 g/mol. The average molecular weight is 198 g/mol. The highest BCUT2D eigenvalue weighted by atomic mass is 16.4. The van der Waals surface area contributed by atoms with Crippen LogP contribution in [0, 0.1) is 0 Å². The number of carbonyl (C=O) groups is 2. The van der Waals surface area contributed by atoms with Crippen LogP contribution >= 0.6 is 0 Å². The van der Waals surface area contributed by atoms with Crippen molar-refractivity contribution < 1.29 is 14.7 Å². The number of rotatable bonds is 4. The van der Waals surface area contributed by atoms with Gasteiger partial charge in [0.25, 0.3) is 0 Å². The molecule has 0 fully saturated rings. The van der Waals surface area contributed by atoms with Gasteiger partial charge >= 0.3 is 5.97 Å². The Labute approximate surface area is 79.7 Å². The molecule has 7 nitrogen and oxygen atoms in total. The van der Waals surface area contributed by atoms with Crippen molar-refractivity contribution in [3.05, 3.63) is 6.20 Å². The Kier molecular flexibility index (Phi) is 3.16. The van der Waals surface area contributed by atoms with Crippen LogP contribution in [0.2, 0.25) is 0 Å². The SMILES string of the molecule is CCC(=O)Nc1cnn(CC(=O)O)n1. The Bertz CT molecular complexity index is 346. The molecule has 0 saturated heterocycles. The first-order valence-corrected chi connectivity index (χ1v) is 4.03. The second kappa shape index (κ2) is 4.35. The van der Waals surface area contributed by atoms with Crippen molar-refractivity contribution in [1.82, 2.24) is 15.0 Å². The minimum atomic E-state index is -1.03. The molecule has 2 N–H and O–H groups in total. The molecule has 0 aliphatic heterocycles. The number of carboxylic acids is 1. The molecule has 0 aliphatic carbocycles. The predicted molar refractivity (Wildman–Crippen MR) is 46.6 cm³/mol. The van der Waals surface area contributed by atoms with E-state index >= 15 is 0 Å². The predicted octanol–water partition coefficient (Wildman–Crippen LogP) is -0.289. The molecule has 0 aliphatic rings. The largest absolute Gasteiger partial charge is 0.480 e. The van der Waals surface area contributed by atoms with Crippen molar-refractivity contribution in [3.63, 3.8) is 0 Å². The Morgan fingerprint density at radius 2 is 2.36 bits per heavy atom. The van der Waals surface area contributed by atoms with E-state index in [1.807, 2.05) is 0 Å². The summed E-state index contributed by atoms with van der Waals surface area (Å²) >= 11 is 0. The maximum absolute atomic E-state index is 10.9. The van der Waals surface area contributed by atoms with Gasteiger partial charge in [0.2, 0.25) is 5.91 Å². The van der Waals surface area contributed by atoms with Crippen LogP contribution in [0.1, 0.15) is 13.3 Å². The van der Waals surface area contributed by atoms with Gasteiger partial charge in [-0.2, -0.15) is 9.90 Å². The summed E-state index contributed by atoms with van der Waals surface area (Å²) in [5.41, 5.74) is 0. The van der Waals surface area contributed by atoms with Gasteiger partial charge in [-0.1, -0.05) is 6.92 Å². The number of aliphatic carboxylic acids is 1. The van der Waals surface area contributed by atoms with Crippen molar-refractivity contribution in [2.45, 2.75) is 19.9 Å². The lowest BCUT2D eigenvalue weighted by molar-refractivity contribution is -0.138. The molecule has 0 radical (unpaired) electrons. The maximum atomic E-state index is 10.9. The maximum Gasteiger partial charge on any atom is 0.327 e. The van der Waals surface area contributed by atoms with Crippen LogP contribution in [-0.2, 0) is 16.1 Å². The number of carboxylic acid groups (broad SMARTS) is 1. The molecule has 1 rings (SSSR count). The van der Waals surface area contributed by atoms with Gasteiger partial charge in [0.15, 0.2) is 12.4 Å². The number of hydrogen-bond donors (Lipinski definition) is 2. The van der Waals surface area contributed by atoms with Crippen molar-refractivity contribution >= 4 is 17.7 Å². The monoisotopic (exact) mass is 198 g/mol. The fraction of sp³-hybridized carbons (Fsp3) is 0.429. The molecule has 0 spiro atoms. The van der Waals surface area contributed by atoms with E-state index in [4.69, 9.17) is 5.11 Å². The molecule has 7 heteroatoms. The second-order valence-corrected chi connectivity index (χ2v) is 2.56. The smallest absolute Gasteiger partial charge is 0.327 e. The first-order chi connectivity index (χ1) is 6.61. The molecule has 76 valence electrons. The first-order valence-electron chi connectivity index (χ1n) is 4.03. The van der Waals surface area contributed by atoms with Crippen LogP contribution in [0.4, 0.5) is 5.82 Å². The summed E-state index contributed by atoms with van der Waals surface area (Å²) in [4.78, 5) is 22.2. The number of hydrogen-bond acceptors (Lipinski definition) is 4. The van der Waals surface area contributed by atoms with E-state index < -0.39 is 5.97 Å². The molecule has 0 bridgehead atoms. The van der Waals surface area contributed by atoms with E-state index in [0.717, 1.165) is 4.80 Å². The van der Waals surface area contributed by atoms with Crippen LogP contribution in [0.5, 0.6) is 0 Å². The van der Waals surface area contributed by atoms with Gasteiger partial charge in [0, 0.05) is 6.42 Å². The molecule has 0 atom stereocenters. The Morgan fingerprint density at radius 3 is 2.93 bits per heavy atom. The summed E-state index contributed by atoms with van der Waals surface area (Å²) in [6.07, 6.45) is 1.64. The lowest BCUT2D eigenvalue weighted by Gasteiger charge is -1.96. The van der Waals surface area contributed by atoms with Crippen molar-refractivity contribution in [2.24, 2.45) is 0 Å². The Morgan fingerprint density at radius 1 is 1.64 bits per heavy atom. The highest BCUT2D eigenvalue weighted by Gasteiger charge is 2.05. The minimum absolute atomic E-state index is 0.188. The number of aromatic nitrogens is 3. The Balaban J connectivity index is 2.59. The quantitative estimate of drug-likeness (QED) is 0.692. The summed E-state index contributed by atoms with van der Waals surface area (Å²) in [6, 6.07) is 0. The van der Waals surface area contributed by atoms with Gasteiger partial charge in [0.1, 0.15) is 0 Å². The molecule has 1 aromatic rings. The molecule has 1 heterocycles. The second-order valence-electron chi connectivity index (χ2n) is 2.56. The third-order valence-corrected chi connectivity index (χ3v) is 1.40. The molecule has 0 unspecified atom stereocenters. The molecule has 1 amide bonds. The van der Waals surface area contributed by atoms with E-state index in [1.54, 1.807) is 6.92 Å². The van der Waals surface area contributed by atoms with Crippen molar-refractivity contribution in [3.8, 4) is 0 Å². The van der Waals surface area contributed by atoms with Gasteiger partial charge in [-0.05, 0) is 0 Å². The van der Waals surface area contributed by atoms with Gasteiger partial charge in [-0.25, -0.2) is 0 Å². The topological polar surface area (TPSA) is 97.1 Å². The number of nitrogens with zero attached hydrogens (tertiary/aromatic N) is 3. The highest BCUT2D eigenvalue weighted by molar-refractivity contribution is 5.89. The van der Waals surface area contributed by atoms with Crippen LogP contribution in [0.15, 0.2) is 6.20 Å². The number of carbonyl (C=O) groups excluding carboxylic acids is 1. The summed E-state index contributed by atoms with van der Waals surface area (Å²) in [7, 11) is 0. The molecule has 14 heavy (non-hydrogen) atoms. The normalized spacial score (nSPS) is 9.79. The van der Waals surface area contributed by atoms with E-state index in [-0.39, 0.29) is 18.3 Å². The van der Waals surface area contributed by atoms with Gasteiger partial charge < -0.3 is 10.4 Å². The molecular formula is C7H10N4O3. The molecule has 0 aromatic carbocycles. The van der Waals surface area contributed by atoms with Gasteiger partial charge in [0.05, 0.1) is 6.20 Å². The van der Waals surface area contributed by atoms with Crippen LogP contribution < -0.4 is 5.32 Å². The molecule has 1 aromatic heterocycles. The van der Waals surface area contributed by atoms with Crippen LogP contribution in [-0.4, -0.2) is 32.0 Å². The lowest BCUT2D eigenvalue weighted by atomic mass is 10.4. The number of amides is 1. The van der Waals surface area contributed by atoms with Crippen LogP contribution in [0.3, 0.4) is 0 Å². The van der Waals surface area contributed by atoms with E-state index in [2.05, 4.69) is 15.5 Å². The van der Waals surface area contributed by atoms with E-state index in [0.29, 0.717) is 6.42 Å². The fourth-order valence-corrected chi connectivity index (χ4v) is 0.783. The number of nitrogens with one attached hydrogen (secondary N) is 1. The summed E-state index contributed by atoms with van der Waals surface area (Å²) < 4.78 is 0. The first kappa shape index (κ1) is 10.2. The van der Waals surface area contributed by atoms with Crippen molar-refractivity contribution in [2.75, 3.05) is 5.32 Å². The van der Waals surface area contributed by atoms with Crippen molar-refractivity contribution in [1.29, 1.82) is 0 Å².